The molecule has 6 nitrogen and oxygen atoms in total. The van der Waals surface area contributed by atoms with Crippen LogP contribution in [0.3, 0.4) is 0 Å². The molecule has 20 heavy (non-hydrogen) atoms. The summed E-state index contributed by atoms with van der Waals surface area (Å²) < 4.78 is 7.39. The summed E-state index contributed by atoms with van der Waals surface area (Å²) >= 11 is 3.36. The molecule has 0 aliphatic heterocycles. The Morgan fingerprint density at radius 3 is 2.85 bits per heavy atom. The van der Waals surface area contributed by atoms with Crippen LogP contribution in [0.4, 0.5) is 5.82 Å². The molecule has 2 rings (SSSR count). The lowest BCUT2D eigenvalue weighted by molar-refractivity contribution is 0.0520. The van der Waals surface area contributed by atoms with Crippen LogP contribution in [0.15, 0.2) is 17.0 Å². The summed E-state index contributed by atoms with van der Waals surface area (Å²) in [6, 6.07) is 0.267. The van der Waals surface area contributed by atoms with Crippen LogP contribution in [-0.2, 0) is 4.74 Å². The molecule has 7 heteroatoms. The molecule has 0 amide bonds. The minimum absolute atomic E-state index is 0.267. The van der Waals surface area contributed by atoms with Gasteiger partial charge in [-0.1, -0.05) is 6.92 Å². The first-order valence-corrected chi connectivity index (χ1v) is 7.33. The fourth-order valence-corrected chi connectivity index (χ4v) is 2.10. The van der Waals surface area contributed by atoms with E-state index in [0.717, 1.165) is 6.42 Å². The minimum atomic E-state index is -0.429. The van der Waals surface area contributed by atoms with Crippen molar-refractivity contribution in [3.05, 3.63) is 22.7 Å². The lowest BCUT2D eigenvalue weighted by Crippen LogP contribution is -2.15. The maximum atomic E-state index is 11.7. The van der Waals surface area contributed by atoms with E-state index in [2.05, 4.69) is 45.1 Å². The van der Waals surface area contributed by atoms with Gasteiger partial charge in [0.05, 0.1) is 6.61 Å². The van der Waals surface area contributed by atoms with Gasteiger partial charge in [-0.25, -0.2) is 14.8 Å². The monoisotopic (exact) mass is 340 g/mol. The summed E-state index contributed by atoms with van der Waals surface area (Å²) in [4.78, 5) is 20.4. The summed E-state index contributed by atoms with van der Waals surface area (Å²) in [5.74, 6) is 0.214. The number of hydrogen-bond acceptors (Lipinski definition) is 5. The Labute approximate surface area is 125 Å². The lowest BCUT2D eigenvalue weighted by Gasteiger charge is -2.12. The first kappa shape index (κ1) is 14.8. The Morgan fingerprint density at radius 1 is 1.45 bits per heavy atom. The number of halogens is 1. The Balaban J connectivity index is 2.44. The zero-order chi connectivity index (χ0) is 14.7. The van der Waals surface area contributed by atoms with Gasteiger partial charge in [-0.3, -0.25) is 0 Å². The summed E-state index contributed by atoms with van der Waals surface area (Å²) in [6.45, 7) is 6.24. The van der Waals surface area contributed by atoms with Crippen molar-refractivity contribution in [2.75, 3.05) is 11.9 Å². The number of ether oxygens (including phenoxy) is 1. The molecule has 2 heterocycles. The number of carbonyl (C=O) groups is 1. The molecule has 108 valence electrons. The van der Waals surface area contributed by atoms with Crippen LogP contribution in [0.1, 0.15) is 37.7 Å². The summed E-state index contributed by atoms with van der Waals surface area (Å²) in [7, 11) is 0. The molecule has 0 aliphatic carbocycles. The van der Waals surface area contributed by atoms with E-state index >= 15 is 0 Å². The van der Waals surface area contributed by atoms with E-state index in [-0.39, 0.29) is 11.7 Å². The fraction of sp³-hybridized carbons (Fsp3) is 0.462. The number of anilines is 1. The van der Waals surface area contributed by atoms with Crippen LogP contribution in [-0.4, -0.2) is 33.0 Å². The number of imidazole rings is 1. The highest BCUT2D eigenvalue weighted by atomic mass is 79.9. The predicted octanol–water partition coefficient (Wildman–Crippen LogP) is 2.88. The maximum Gasteiger partial charge on any atom is 0.358 e. The van der Waals surface area contributed by atoms with E-state index in [4.69, 9.17) is 4.74 Å². The summed E-state index contributed by atoms with van der Waals surface area (Å²) in [6.07, 6.45) is 4.36. The molecule has 0 saturated carbocycles. The summed E-state index contributed by atoms with van der Waals surface area (Å²) in [5, 5.41) is 3.28. The van der Waals surface area contributed by atoms with Crippen LogP contribution in [0.5, 0.6) is 0 Å². The normalized spacial score (nSPS) is 12.4. The molecule has 0 aliphatic rings. The van der Waals surface area contributed by atoms with Crippen molar-refractivity contribution < 1.29 is 9.53 Å². The highest BCUT2D eigenvalue weighted by Crippen LogP contribution is 2.20. The van der Waals surface area contributed by atoms with E-state index in [1.165, 1.54) is 0 Å². The standard InChI is InChI=1S/C13H17BrN4O2/c1-4-8(3)15-11-12-16-9(13(19)20-5-2)6-18(12)7-10(14)17-11/h6-8H,4-5H2,1-3H3,(H,15,17)/t8-/m0/s1. The Kier molecular flexibility index (Phi) is 4.59. The molecule has 0 unspecified atom stereocenters. The molecule has 1 N–H and O–H groups in total. The molecule has 0 bridgehead atoms. The smallest absolute Gasteiger partial charge is 0.358 e. The average Bonchev–Trinajstić information content (AvgIpc) is 2.82. The highest BCUT2D eigenvalue weighted by Gasteiger charge is 2.16. The van der Waals surface area contributed by atoms with Crippen molar-refractivity contribution in [2.24, 2.45) is 0 Å². The van der Waals surface area contributed by atoms with E-state index in [1.807, 2.05) is 0 Å². The molecular weight excluding hydrogens is 324 g/mol. The number of nitrogens with zero attached hydrogens (tertiary/aromatic N) is 3. The second-order valence-electron chi connectivity index (χ2n) is 4.44. The fourth-order valence-electron chi connectivity index (χ4n) is 1.70. The molecule has 0 spiro atoms. The van der Waals surface area contributed by atoms with Gasteiger partial charge in [-0.2, -0.15) is 0 Å². The van der Waals surface area contributed by atoms with Gasteiger partial charge >= 0.3 is 5.97 Å². The van der Waals surface area contributed by atoms with Crippen LogP contribution >= 0.6 is 15.9 Å². The van der Waals surface area contributed by atoms with Gasteiger partial charge in [0.15, 0.2) is 17.2 Å². The zero-order valence-corrected chi connectivity index (χ0v) is 13.3. The van der Waals surface area contributed by atoms with E-state index < -0.39 is 5.97 Å². The number of rotatable bonds is 5. The zero-order valence-electron chi connectivity index (χ0n) is 11.7. The predicted molar refractivity (Wildman–Crippen MR) is 80.0 cm³/mol. The second-order valence-corrected chi connectivity index (χ2v) is 5.26. The number of nitrogens with one attached hydrogen (secondary N) is 1. The van der Waals surface area contributed by atoms with Gasteiger partial charge in [-0.05, 0) is 36.2 Å². The maximum absolute atomic E-state index is 11.7. The van der Waals surface area contributed by atoms with Gasteiger partial charge in [0, 0.05) is 18.4 Å². The lowest BCUT2D eigenvalue weighted by atomic mass is 10.2. The molecule has 2 aromatic rings. The molecule has 0 fully saturated rings. The van der Waals surface area contributed by atoms with Crippen molar-refractivity contribution in [3.8, 4) is 0 Å². The SMILES string of the molecule is CCOC(=O)c1cn2cc(Br)nc(N[C@@H](C)CC)c2n1. The largest absolute Gasteiger partial charge is 0.461 e. The van der Waals surface area contributed by atoms with E-state index in [1.54, 1.807) is 23.7 Å². The van der Waals surface area contributed by atoms with Gasteiger partial charge in [0.1, 0.15) is 4.60 Å². The van der Waals surface area contributed by atoms with Gasteiger partial charge in [0.2, 0.25) is 0 Å². The van der Waals surface area contributed by atoms with Gasteiger partial charge < -0.3 is 14.5 Å². The number of hydrogen-bond donors (Lipinski definition) is 1. The van der Waals surface area contributed by atoms with Crippen LogP contribution < -0.4 is 5.32 Å². The number of esters is 1. The minimum Gasteiger partial charge on any atom is -0.461 e. The quantitative estimate of drug-likeness (QED) is 0.847. The molecule has 0 saturated heterocycles. The number of aromatic nitrogens is 3. The highest BCUT2D eigenvalue weighted by molar-refractivity contribution is 9.10. The van der Waals surface area contributed by atoms with Crippen LogP contribution in [0.25, 0.3) is 5.65 Å². The third-order valence-corrected chi connectivity index (χ3v) is 3.27. The Bertz CT molecular complexity index is 626. The Morgan fingerprint density at radius 2 is 2.20 bits per heavy atom. The van der Waals surface area contributed by atoms with Crippen molar-refractivity contribution in [1.82, 2.24) is 14.4 Å². The number of fused-ring (bicyclic) bond motifs is 1. The van der Waals surface area contributed by atoms with E-state index in [0.29, 0.717) is 22.7 Å². The van der Waals surface area contributed by atoms with Crippen LogP contribution in [0, 0.1) is 0 Å². The van der Waals surface area contributed by atoms with Crippen LogP contribution in [0.2, 0.25) is 0 Å². The first-order chi connectivity index (χ1) is 9.55. The summed E-state index contributed by atoms with van der Waals surface area (Å²) in [5.41, 5.74) is 0.885. The van der Waals surface area contributed by atoms with Crippen molar-refractivity contribution in [2.45, 2.75) is 33.2 Å². The Hall–Kier alpha value is -1.63. The average molecular weight is 341 g/mol. The third kappa shape index (κ3) is 3.09. The molecule has 0 radical (unpaired) electrons. The van der Waals surface area contributed by atoms with Crippen molar-refractivity contribution in [3.63, 3.8) is 0 Å². The molecule has 2 aromatic heterocycles. The number of carbonyl (C=O) groups excluding carboxylic acids is 1. The van der Waals surface area contributed by atoms with Gasteiger partial charge in [-0.15, -0.1) is 0 Å². The second kappa shape index (κ2) is 6.21. The van der Waals surface area contributed by atoms with E-state index in [9.17, 15) is 4.79 Å². The van der Waals surface area contributed by atoms with Crippen molar-refractivity contribution in [1.29, 1.82) is 0 Å². The topological polar surface area (TPSA) is 68.5 Å². The molecule has 0 aromatic carbocycles. The molecule has 1 atom stereocenters. The first-order valence-electron chi connectivity index (χ1n) is 6.54. The third-order valence-electron chi connectivity index (χ3n) is 2.89. The van der Waals surface area contributed by atoms with Gasteiger partial charge in [0.25, 0.3) is 0 Å². The van der Waals surface area contributed by atoms with Crippen molar-refractivity contribution >= 4 is 33.4 Å². The molecular formula is C13H17BrN4O2.